The lowest BCUT2D eigenvalue weighted by molar-refractivity contribution is -0.153. The number of halogens is 1. The Morgan fingerprint density at radius 1 is 1.19 bits per heavy atom. The van der Waals surface area contributed by atoms with Crippen LogP contribution in [0.4, 0.5) is 0 Å². The molecule has 2 heterocycles. The van der Waals surface area contributed by atoms with Gasteiger partial charge in [-0.05, 0) is 56.7 Å². The number of nitrogens with zero attached hydrogens (tertiary/aromatic N) is 4. The number of hydrogen-bond donors (Lipinski definition) is 0. The molecule has 1 saturated carbocycles. The first-order chi connectivity index (χ1) is 14.9. The maximum absolute atomic E-state index is 12.6. The third-order valence-corrected chi connectivity index (χ3v) is 7.75. The highest BCUT2D eigenvalue weighted by atomic mass is 35.5. The highest BCUT2D eigenvalue weighted by Gasteiger charge is 2.39. The molecule has 0 radical (unpaired) electrons. The molecule has 2 atom stereocenters. The molecule has 1 amide bonds. The van der Waals surface area contributed by atoms with Crippen molar-refractivity contribution >= 4 is 28.8 Å². The Hall–Kier alpha value is -1.54. The lowest BCUT2D eigenvalue weighted by atomic mass is 9.84. The summed E-state index contributed by atoms with van der Waals surface area (Å²) < 4.78 is 6.05. The number of carbonyl (C=O) groups excluding carboxylic acids is 1. The molecule has 2 aromatic rings. The zero-order valence-corrected chi connectivity index (χ0v) is 20.0. The minimum Gasteiger partial charge on any atom is -0.365 e. The zero-order chi connectivity index (χ0) is 22.0. The second-order valence-electron chi connectivity index (χ2n) is 8.90. The van der Waals surface area contributed by atoms with Crippen LogP contribution < -0.4 is 0 Å². The van der Waals surface area contributed by atoms with Gasteiger partial charge in [-0.15, -0.1) is 21.5 Å². The van der Waals surface area contributed by atoms with Gasteiger partial charge in [-0.25, -0.2) is 0 Å². The van der Waals surface area contributed by atoms with Gasteiger partial charge < -0.3 is 9.64 Å². The summed E-state index contributed by atoms with van der Waals surface area (Å²) in [5.74, 6) is 0.561. The van der Waals surface area contributed by atoms with Crippen LogP contribution in [0.5, 0.6) is 0 Å². The van der Waals surface area contributed by atoms with Crippen molar-refractivity contribution in [2.24, 2.45) is 0 Å². The average Bonchev–Trinajstić information content (AvgIpc) is 3.21. The van der Waals surface area contributed by atoms with E-state index in [0.29, 0.717) is 25.1 Å². The fourth-order valence-electron chi connectivity index (χ4n) is 4.80. The van der Waals surface area contributed by atoms with E-state index in [1.54, 1.807) is 30.3 Å². The number of benzene rings is 1. The van der Waals surface area contributed by atoms with Crippen molar-refractivity contribution in [2.45, 2.75) is 63.1 Å². The number of ether oxygens (including phenoxy) is 1. The second kappa shape index (κ2) is 9.94. The zero-order valence-electron chi connectivity index (χ0n) is 18.5. The molecule has 1 aliphatic carbocycles. The van der Waals surface area contributed by atoms with E-state index in [0.717, 1.165) is 42.1 Å². The Kier molecular flexibility index (Phi) is 7.26. The summed E-state index contributed by atoms with van der Waals surface area (Å²) in [6.45, 7) is 3.24. The van der Waals surface area contributed by atoms with Crippen LogP contribution in [-0.4, -0.2) is 71.3 Å². The molecule has 1 aliphatic heterocycles. The lowest BCUT2D eigenvalue weighted by Gasteiger charge is -2.46. The van der Waals surface area contributed by atoms with Crippen molar-refractivity contribution in [3.8, 4) is 0 Å². The summed E-state index contributed by atoms with van der Waals surface area (Å²) >= 11 is 7.79. The van der Waals surface area contributed by atoms with Gasteiger partial charge in [0.15, 0.2) is 0 Å². The Balaban J connectivity index is 1.46. The van der Waals surface area contributed by atoms with Gasteiger partial charge in [0.1, 0.15) is 16.1 Å². The van der Waals surface area contributed by atoms with Crippen molar-refractivity contribution in [3.63, 3.8) is 0 Å². The number of aryl methyl sites for hydroxylation is 1. The third kappa shape index (κ3) is 5.45. The molecule has 1 aromatic heterocycles. The van der Waals surface area contributed by atoms with E-state index >= 15 is 0 Å². The van der Waals surface area contributed by atoms with E-state index in [1.165, 1.54) is 10.6 Å². The topological polar surface area (TPSA) is 58.6 Å². The molecule has 2 fully saturated rings. The van der Waals surface area contributed by atoms with E-state index in [1.807, 2.05) is 19.1 Å². The van der Waals surface area contributed by atoms with Crippen molar-refractivity contribution in [2.75, 3.05) is 27.2 Å². The van der Waals surface area contributed by atoms with Crippen LogP contribution in [-0.2, 0) is 16.0 Å². The first-order valence-electron chi connectivity index (χ1n) is 11.0. The lowest BCUT2D eigenvalue weighted by Crippen LogP contribution is -2.58. The normalized spacial score (nSPS) is 27.2. The minimum atomic E-state index is -0.389. The van der Waals surface area contributed by atoms with Crippen LogP contribution in [0.25, 0.3) is 0 Å². The third-order valence-electron chi connectivity index (χ3n) is 6.49. The van der Waals surface area contributed by atoms with Crippen LogP contribution in [0.15, 0.2) is 24.3 Å². The Morgan fingerprint density at radius 3 is 2.52 bits per heavy atom. The van der Waals surface area contributed by atoms with Gasteiger partial charge in [-0.1, -0.05) is 23.7 Å². The fourth-order valence-corrected chi connectivity index (χ4v) is 5.80. The maximum atomic E-state index is 12.6. The van der Waals surface area contributed by atoms with Crippen LogP contribution in [0, 0.1) is 6.92 Å². The van der Waals surface area contributed by atoms with E-state index in [4.69, 9.17) is 16.3 Å². The van der Waals surface area contributed by atoms with Gasteiger partial charge >= 0.3 is 0 Å². The monoisotopic (exact) mass is 462 g/mol. The number of rotatable bonds is 5. The molecule has 0 bridgehead atoms. The Bertz CT molecular complexity index is 880. The minimum absolute atomic E-state index is 0.0490. The van der Waals surface area contributed by atoms with E-state index < -0.39 is 0 Å². The first-order valence-corrected chi connectivity index (χ1v) is 12.2. The summed E-state index contributed by atoms with van der Waals surface area (Å²) in [7, 11) is 3.59. The fraction of sp³-hybridized carbons (Fsp3) is 0.609. The molecular formula is C23H31ClN4O2S. The first kappa shape index (κ1) is 22.6. The van der Waals surface area contributed by atoms with Gasteiger partial charge in [0.05, 0.1) is 6.61 Å². The van der Waals surface area contributed by atoms with Crippen molar-refractivity contribution in [1.29, 1.82) is 0 Å². The smallest absolute Gasteiger partial charge is 0.252 e. The van der Waals surface area contributed by atoms with Gasteiger partial charge in [-0.3, -0.25) is 9.69 Å². The van der Waals surface area contributed by atoms with Crippen LogP contribution in [0.2, 0.25) is 5.02 Å². The molecule has 8 heteroatoms. The highest BCUT2D eigenvalue weighted by Crippen LogP contribution is 2.37. The van der Waals surface area contributed by atoms with E-state index in [2.05, 4.69) is 27.2 Å². The molecule has 4 rings (SSSR count). The molecule has 1 aromatic carbocycles. The number of hydrogen-bond acceptors (Lipinski definition) is 6. The molecule has 2 unspecified atom stereocenters. The van der Waals surface area contributed by atoms with Gasteiger partial charge in [-0.2, -0.15) is 0 Å². The van der Waals surface area contributed by atoms with Gasteiger partial charge in [0, 0.05) is 43.7 Å². The van der Waals surface area contributed by atoms with E-state index in [-0.39, 0.29) is 18.1 Å². The molecule has 2 aliphatic rings. The number of morpholine rings is 1. The second-order valence-corrected chi connectivity index (χ2v) is 10.6. The number of aromatic nitrogens is 2. The summed E-state index contributed by atoms with van der Waals surface area (Å²) in [5.41, 5.74) is 1.25. The molecule has 168 valence electrons. The summed E-state index contributed by atoms with van der Waals surface area (Å²) in [4.78, 5) is 16.8. The molecule has 0 N–H and O–H groups in total. The number of carbonyl (C=O) groups is 1. The number of amides is 1. The molecule has 31 heavy (non-hydrogen) atoms. The molecular weight excluding hydrogens is 432 g/mol. The quantitative estimate of drug-likeness (QED) is 0.673. The van der Waals surface area contributed by atoms with Crippen molar-refractivity contribution in [3.05, 3.63) is 44.9 Å². The molecule has 0 spiro atoms. The molecule has 1 saturated heterocycles. The predicted molar refractivity (Wildman–Crippen MR) is 124 cm³/mol. The van der Waals surface area contributed by atoms with Crippen LogP contribution >= 0.6 is 22.9 Å². The van der Waals surface area contributed by atoms with Crippen LogP contribution in [0.3, 0.4) is 0 Å². The Labute approximate surface area is 193 Å². The van der Waals surface area contributed by atoms with Crippen LogP contribution in [0.1, 0.15) is 47.2 Å². The standard InChI is InChI=1S/C23H31ClN4O2S/c1-15-25-26-22(31-15)17-6-10-19(11-7-17)28-13-21(23(29)27(2)3)30-14-20(28)12-16-4-8-18(24)9-5-16/h4-5,8-9,17,19-21H,6-7,10-14H2,1-3H3. The summed E-state index contributed by atoms with van der Waals surface area (Å²) in [6, 6.07) is 8.79. The molecule has 6 nitrogen and oxygen atoms in total. The average molecular weight is 463 g/mol. The Morgan fingerprint density at radius 2 is 1.90 bits per heavy atom. The van der Waals surface area contributed by atoms with Crippen molar-refractivity contribution in [1.82, 2.24) is 20.0 Å². The largest absolute Gasteiger partial charge is 0.365 e. The summed E-state index contributed by atoms with van der Waals surface area (Å²) in [6.07, 6.45) is 4.98. The van der Waals surface area contributed by atoms with Gasteiger partial charge in [0.2, 0.25) is 0 Å². The van der Waals surface area contributed by atoms with Crippen molar-refractivity contribution < 1.29 is 9.53 Å². The highest BCUT2D eigenvalue weighted by molar-refractivity contribution is 7.11. The SMILES string of the molecule is Cc1nnc(C2CCC(N3CC(C(=O)N(C)C)OCC3Cc3ccc(Cl)cc3)CC2)s1. The number of likely N-dealkylation sites (N-methyl/N-ethyl adjacent to an activating group) is 1. The summed E-state index contributed by atoms with van der Waals surface area (Å²) in [5, 5.41) is 11.6. The maximum Gasteiger partial charge on any atom is 0.252 e. The predicted octanol–water partition coefficient (Wildman–Crippen LogP) is 3.93. The van der Waals surface area contributed by atoms with E-state index in [9.17, 15) is 4.79 Å². The van der Waals surface area contributed by atoms with Gasteiger partial charge in [0.25, 0.3) is 5.91 Å².